The smallest absolute Gasteiger partial charge is 0.254 e. The van der Waals surface area contributed by atoms with Gasteiger partial charge in [-0.15, -0.1) is 0 Å². The molecule has 4 rings (SSSR count). The quantitative estimate of drug-likeness (QED) is 0.830. The Labute approximate surface area is 161 Å². The molecule has 2 aliphatic rings. The highest BCUT2D eigenvalue weighted by Gasteiger charge is 2.40. The molecule has 2 saturated heterocycles. The molecule has 0 aliphatic carbocycles. The Morgan fingerprint density at radius 3 is 2.70 bits per heavy atom. The number of benzene rings is 1. The molecule has 0 N–H and O–H groups in total. The Morgan fingerprint density at radius 2 is 2.00 bits per heavy atom. The molecule has 0 unspecified atom stereocenters. The second-order valence-corrected chi connectivity index (χ2v) is 8.00. The van der Waals surface area contributed by atoms with E-state index >= 15 is 0 Å². The van der Waals surface area contributed by atoms with E-state index in [-0.39, 0.29) is 5.91 Å². The van der Waals surface area contributed by atoms with Crippen LogP contribution in [0.4, 0.5) is 0 Å². The van der Waals surface area contributed by atoms with Crippen molar-refractivity contribution in [3.8, 4) is 0 Å². The fraction of sp³-hybridized carbons (Fsp3) is 0.545. The van der Waals surface area contributed by atoms with Gasteiger partial charge in [0.25, 0.3) is 5.91 Å². The average molecular weight is 367 g/mol. The minimum absolute atomic E-state index is 0.174. The lowest BCUT2D eigenvalue weighted by atomic mass is 9.91. The van der Waals surface area contributed by atoms with Gasteiger partial charge < -0.3 is 14.2 Å². The van der Waals surface area contributed by atoms with Gasteiger partial charge in [0, 0.05) is 44.6 Å². The molecule has 2 fully saturated rings. The van der Waals surface area contributed by atoms with Gasteiger partial charge in [-0.3, -0.25) is 4.79 Å². The van der Waals surface area contributed by atoms with E-state index in [9.17, 15) is 4.79 Å². The Hall–Kier alpha value is -2.14. The fourth-order valence-corrected chi connectivity index (χ4v) is 4.37. The molecule has 0 saturated carbocycles. The number of hydrogen-bond donors (Lipinski definition) is 0. The molecule has 2 aliphatic heterocycles. The Bertz CT molecular complexity index is 757. The molecule has 1 atom stereocenters. The van der Waals surface area contributed by atoms with Crippen LogP contribution >= 0.6 is 0 Å². The Kier molecular flexibility index (Phi) is 5.30. The minimum Gasteiger partial charge on any atom is -0.365 e. The lowest BCUT2D eigenvalue weighted by Crippen LogP contribution is -2.52. The number of rotatable bonds is 4. The van der Waals surface area contributed by atoms with E-state index < -0.39 is 5.60 Å². The Balaban J connectivity index is 1.38. The number of aromatic nitrogens is 2. The highest BCUT2D eigenvalue weighted by molar-refractivity contribution is 5.85. The number of nitrogens with zero attached hydrogens (tertiary/aromatic N) is 3. The summed E-state index contributed by atoms with van der Waals surface area (Å²) in [6.07, 6.45) is 8.88. The van der Waals surface area contributed by atoms with E-state index in [2.05, 4.69) is 40.0 Å². The summed E-state index contributed by atoms with van der Waals surface area (Å²) in [5, 5.41) is 0. The third-order valence-electron chi connectivity index (χ3n) is 6.01. The maximum atomic E-state index is 13.0. The van der Waals surface area contributed by atoms with Crippen molar-refractivity contribution in [3.63, 3.8) is 0 Å². The summed E-state index contributed by atoms with van der Waals surface area (Å²) in [5.74, 6) is 1.73. The molecule has 0 bridgehead atoms. The van der Waals surface area contributed by atoms with Crippen molar-refractivity contribution >= 4 is 5.91 Å². The van der Waals surface area contributed by atoms with Crippen molar-refractivity contribution in [2.45, 2.75) is 57.1 Å². The monoisotopic (exact) mass is 367 g/mol. The molecule has 1 aromatic heterocycles. The Morgan fingerprint density at radius 1 is 1.22 bits per heavy atom. The predicted molar refractivity (Wildman–Crippen MR) is 105 cm³/mol. The van der Waals surface area contributed by atoms with Crippen LogP contribution in [0.2, 0.25) is 0 Å². The highest BCUT2D eigenvalue weighted by atomic mass is 16.5. The van der Waals surface area contributed by atoms with Crippen LogP contribution in [-0.4, -0.2) is 45.7 Å². The molecule has 5 nitrogen and oxygen atoms in total. The average Bonchev–Trinajstić information content (AvgIpc) is 3.17. The first-order valence-corrected chi connectivity index (χ1v) is 10.1. The van der Waals surface area contributed by atoms with Crippen LogP contribution in [0.15, 0.2) is 42.7 Å². The summed E-state index contributed by atoms with van der Waals surface area (Å²) < 4.78 is 8.11. The maximum absolute atomic E-state index is 13.0. The van der Waals surface area contributed by atoms with Crippen LogP contribution in [0, 0.1) is 0 Å². The second kappa shape index (κ2) is 7.85. The van der Waals surface area contributed by atoms with Crippen LogP contribution < -0.4 is 0 Å². The van der Waals surface area contributed by atoms with Crippen molar-refractivity contribution in [1.29, 1.82) is 0 Å². The van der Waals surface area contributed by atoms with Crippen LogP contribution in [-0.2, 0) is 16.1 Å². The summed E-state index contributed by atoms with van der Waals surface area (Å²) in [6.45, 7) is 5.10. The summed E-state index contributed by atoms with van der Waals surface area (Å²) in [4.78, 5) is 19.6. The predicted octanol–water partition coefficient (Wildman–Crippen LogP) is 3.60. The number of imidazole rings is 1. The van der Waals surface area contributed by atoms with E-state index in [1.807, 2.05) is 24.1 Å². The van der Waals surface area contributed by atoms with Crippen molar-refractivity contribution in [2.24, 2.45) is 0 Å². The zero-order chi connectivity index (χ0) is 18.7. The van der Waals surface area contributed by atoms with Gasteiger partial charge in [-0.25, -0.2) is 4.98 Å². The molecule has 0 spiro atoms. The number of likely N-dealkylation sites (tertiary alicyclic amines) is 1. The van der Waals surface area contributed by atoms with Gasteiger partial charge in [-0.2, -0.15) is 0 Å². The third-order valence-corrected chi connectivity index (χ3v) is 6.01. The molecular formula is C22H29N3O2. The number of amides is 1. The maximum Gasteiger partial charge on any atom is 0.254 e. The van der Waals surface area contributed by atoms with Gasteiger partial charge in [-0.1, -0.05) is 30.3 Å². The number of carbonyl (C=O) groups excluding carboxylic acids is 1. The van der Waals surface area contributed by atoms with E-state index in [0.717, 1.165) is 57.6 Å². The second-order valence-electron chi connectivity index (χ2n) is 8.00. The molecule has 1 aromatic carbocycles. The normalized spacial score (nSPS) is 24.1. The van der Waals surface area contributed by atoms with Crippen molar-refractivity contribution < 1.29 is 9.53 Å². The fourth-order valence-electron chi connectivity index (χ4n) is 4.37. The lowest BCUT2D eigenvalue weighted by molar-refractivity contribution is -0.163. The van der Waals surface area contributed by atoms with Gasteiger partial charge in [0.15, 0.2) is 0 Å². The zero-order valence-corrected chi connectivity index (χ0v) is 16.1. The van der Waals surface area contributed by atoms with E-state index in [4.69, 9.17) is 4.74 Å². The zero-order valence-electron chi connectivity index (χ0n) is 16.1. The van der Waals surface area contributed by atoms with E-state index in [0.29, 0.717) is 12.5 Å². The molecule has 144 valence electrons. The first kappa shape index (κ1) is 18.2. The largest absolute Gasteiger partial charge is 0.365 e. The molecule has 1 amide bonds. The number of hydrogen-bond acceptors (Lipinski definition) is 3. The number of carbonyl (C=O) groups is 1. The number of piperidine rings is 1. The third kappa shape index (κ3) is 3.93. The van der Waals surface area contributed by atoms with Crippen LogP contribution in [0.3, 0.4) is 0 Å². The van der Waals surface area contributed by atoms with Gasteiger partial charge in [-0.05, 0) is 44.6 Å². The summed E-state index contributed by atoms with van der Waals surface area (Å²) >= 11 is 0. The van der Waals surface area contributed by atoms with Crippen LogP contribution in [0.1, 0.15) is 56.3 Å². The van der Waals surface area contributed by atoms with E-state index in [1.165, 1.54) is 5.56 Å². The molecular weight excluding hydrogens is 338 g/mol. The topological polar surface area (TPSA) is 47.4 Å². The molecule has 5 heteroatoms. The van der Waals surface area contributed by atoms with Crippen molar-refractivity contribution in [2.75, 3.05) is 19.7 Å². The van der Waals surface area contributed by atoms with Gasteiger partial charge in [0.05, 0.1) is 0 Å². The number of ether oxygens (including phenoxy) is 1. The standard InChI is InChI=1S/C22H29N3O2/c1-22(11-5-6-16-27-22)21(26)24-13-9-19(10-14-24)20-23-12-15-25(20)17-18-7-3-2-4-8-18/h2-4,7-8,12,15,19H,5-6,9-11,13-14,16-17H2,1H3/t22-/m0/s1. The minimum atomic E-state index is -0.614. The molecule has 27 heavy (non-hydrogen) atoms. The van der Waals surface area contributed by atoms with Gasteiger partial charge in [0.2, 0.25) is 0 Å². The summed E-state index contributed by atoms with van der Waals surface area (Å²) in [7, 11) is 0. The van der Waals surface area contributed by atoms with Crippen LogP contribution in [0.5, 0.6) is 0 Å². The van der Waals surface area contributed by atoms with Crippen molar-refractivity contribution in [3.05, 3.63) is 54.1 Å². The SMILES string of the molecule is C[C@@]1(C(=O)N2CCC(c3nccn3Cc3ccccc3)CC2)CCCCO1. The van der Waals surface area contributed by atoms with Gasteiger partial charge in [0.1, 0.15) is 11.4 Å². The lowest BCUT2D eigenvalue weighted by Gasteiger charge is -2.40. The summed E-state index contributed by atoms with van der Waals surface area (Å²) in [6, 6.07) is 10.5. The first-order chi connectivity index (χ1) is 13.2. The van der Waals surface area contributed by atoms with Crippen molar-refractivity contribution in [1.82, 2.24) is 14.5 Å². The highest BCUT2D eigenvalue weighted by Crippen LogP contribution is 2.31. The van der Waals surface area contributed by atoms with Crippen LogP contribution in [0.25, 0.3) is 0 Å². The van der Waals surface area contributed by atoms with E-state index in [1.54, 1.807) is 0 Å². The van der Waals surface area contributed by atoms with Gasteiger partial charge >= 0.3 is 0 Å². The molecule has 0 radical (unpaired) electrons. The molecule has 2 aromatic rings. The molecule has 3 heterocycles. The first-order valence-electron chi connectivity index (χ1n) is 10.1. The summed E-state index contributed by atoms with van der Waals surface area (Å²) in [5.41, 5.74) is 0.670.